The molecule has 29 heavy (non-hydrogen) atoms. The van der Waals surface area contributed by atoms with Gasteiger partial charge in [0.05, 0.1) is 30.9 Å². The van der Waals surface area contributed by atoms with Gasteiger partial charge in [0.2, 0.25) is 0 Å². The predicted molar refractivity (Wildman–Crippen MR) is 113 cm³/mol. The number of aromatic nitrogens is 2. The van der Waals surface area contributed by atoms with Crippen LogP contribution < -0.4 is 19.3 Å². The van der Waals surface area contributed by atoms with E-state index in [4.69, 9.17) is 14.7 Å². The number of nitriles is 1. The van der Waals surface area contributed by atoms with E-state index >= 15 is 0 Å². The maximum Gasteiger partial charge on any atom is 0.163 e. The topological polar surface area (TPSA) is 74.5 Å². The molecule has 1 saturated heterocycles. The molecule has 2 aromatic carbocycles. The Morgan fingerprint density at radius 1 is 1.00 bits per heavy atom. The van der Waals surface area contributed by atoms with E-state index in [9.17, 15) is 0 Å². The average molecular weight is 389 g/mol. The predicted octanol–water partition coefficient (Wildman–Crippen LogP) is 3.24. The van der Waals surface area contributed by atoms with Crippen LogP contribution in [0.4, 0.5) is 11.5 Å². The summed E-state index contributed by atoms with van der Waals surface area (Å²) in [5, 5.41) is 9.93. The lowest BCUT2D eigenvalue weighted by Gasteiger charge is -2.37. The number of methoxy groups -OCH3 is 1. The SMILES string of the molecule is CCOc1cc2ncnc(N3CCN(c4ccc(C#N)cc4)CC3)c2cc1OC. The molecule has 1 aromatic heterocycles. The van der Waals surface area contributed by atoms with Gasteiger partial charge in [0.1, 0.15) is 12.1 Å². The first-order chi connectivity index (χ1) is 14.2. The molecule has 0 radical (unpaired) electrons. The molecule has 148 valence electrons. The Hall–Kier alpha value is -3.53. The largest absolute Gasteiger partial charge is 0.493 e. The first kappa shape index (κ1) is 18.8. The molecule has 0 bridgehead atoms. The van der Waals surface area contributed by atoms with Crippen LogP contribution in [0.15, 0.2) is 42.7 Å². The number of ether oxygens (including phenoxy) is 2. The van der Waals surface area contributed by atoms with Gasteiger partial charge in [0, 0.05) is 43.3 Å². The Labute approximate surface area is 170 Å². The minimum Gasteiger partial charge on any atom is -0.493 e. The van der Waals surface area contributed by atoms with E-state index in [0.29, 0.717) is 23.7 Å². The molecule has 0 spiro atoms. The minimum absolute atomic E-state index is 0.567. The van der Waals surface area contributed by atoms with Gasteiger partial charge < -0.3 is 19.3 Å². The van der Waals surface area contributed by atoms with Crippen LogP contribution in [0.5, 0.6) is 11.5 Å². The molecule has 1 aliphatic rings. The second kappa shape index (κ2) is 8.23. The summed E-state index contributed by atoms with van der Waals surface area (Å²) in [6.45, 7) is 5.97. The van der Waals surface area contributed by atoms with Crippen molar-refractivity contribution in [3.05, 3.63) is 48.3 Å². The molecule has 0 unspecified atom stereocenters. The highest BCUT2D eigenvalue weighted by atomic mass is 16.5. The summed E-state index contributed by atoms with van der Waals surface area (Å²) in [5.41, 5.74) is 2.66. The lowest BCUT2D eigenvalue weighted by Crippen LogP contribution is -2.46. The summed E-state index contributed by atoms with van der Waals surface area (Å²) in [6.07, 6.45) is 1.60. The van der Waals surface area contributed by atoms with Gasteiger partial charge in [0.15, 0.2) is 11.5 Å². The number of hydrogen-bond donors (Lipinski definition) is 0. The van der Waals surface area contributed by atoms with Gasteiger partial charge in [-0.15, -0.1) is 0 Å². The number of rotatable bonds is 5. The highest BCUT2D eigenvalue weighted by Gasteiger charge is 2.21. The van der Waals surface area contributed by atoms with Crippen molar-refractivity contribution in [1.29, 1.82) is 5.26 Å². The highest BCUT2D eigenvalue weighted by Crippen LogP contribution is 2.35. The fourth-order valence-corrected chi connectivity index (χ4v) is 3.65. The third-order valence-electron chi connectivity index (χ3n) is 5.14. The van der Waals surface area contributed by atoms with E-state index in [2.05, 4.69) is 25.8 Å². The summed E-state index contributed by atoms with van der Waals surface area (Å²) in [5.74, 6) is 2.29. The average Bonchev–Trinajstić information content (AvgIpc) is 2.78. The summed E-state index contributed by atoms with van der Waals surface area (Å²) >= 11 is 0. The molecule has 0 N–H and O–H groups in total. The fourth-order valence-electron chi connectivity index (χ4n) is 3.65. The van der Waals surface area contributed by atoms with Crippen molar-refractivity contribution in [3.63, 3.8) is 0 Å². The molecule has 3 aromatic rings. The van der Waals surface area contributed by atoms with Gasteiger partial charge in [-0.3, -0.25) is 0 Å². The Bertz CT molecular complexity index is 1040. The van der Waals surface area contributed by atoms with E-state index < -0.39 is 0 Å². The number of benzene rings is 2. The quantitative estimate of drug-likeness (QED) is 0.663. The number of fused-ring (bicyclic) bond motifs is 1. The summed E-state index contributed by atoms with van der Waals surface area (Å²) in [7, 11) is 1.64. The Morgan fingerprint density at radius 3 is 2.38 bits per heavy atom. The molecule has 2 heterocycles. The molecular formula is C22H23N5O2. The molecule has 7 nitrogen and oxygen atoms in total. The first-order valence-electron chi connectivity index (χ1n) is 9.69. The van der Waals surface area contributed by atoms with E-state index in [-0.39, 0.29) is 0 Å². The van der Waals surface area contributed by atoms with Crippen molar-refractivity contribution in [2.24, 2.45) is 0 Å². The number of anilines is 2. The third kappa shape index (κ3) is 3.74. The van der Waals surface area contributed by atoms with E-state index in [0.717, 1.165) is 48.6 Å². The summed E-state index contributed by atoms with van der Waals surface area (Å²) in [4.78, 5) is 13.6. The second-order valence-corrected chi connectivity index (χ2v) is 6.78. The maximum absolute atomic E-state index is 8.97. The molecule has 0 aliphatic carbocycles. The molecular weight excluding hydrogens is 366 g/mol. The van der Waals surface area contributed by atoms with Gasteiger partial charge in [-0.1, -0.05) is 0 Å². The molecule has 4 rings (SSSR count). The molecule has 1 fully saturated rings. The van der Waals surface area contributed by atoms with Crippen molar-refractivity contribution >= 4 is 22.4 Å². The van der Waals surface area contributed by atoms with Crippen LogP contribution in [0.1, 0.15) is 12.5 Å². The standard InChI is InChI=1S/C22H23N5O2/c1-3-29-21-13-19-18(12-20(21)28-2)22(25-15-24-19)27-10-8-26(9-11-27)17-6-4-16(14-23)5-7-17/h4-7,12-13,15H,3,8-11H2,1-2H3. The molecule has 0 amide bonds. The monoisotopic (exact) mass is 389 g/mol. The summed E-state index contributed by atoms with van der Waals surface area (Å²) < 4.78 is 11.2. The van der Waals surface area contributed by atoms with Gasteiger partial charge in [-0.25, -0.2) is 9.97 Å². The van der Waals surface area contributed by atoms with Crippen LogP contribution in [0.3, 0.4) is 0 Å². The van der Waals surface area contributed by atoms with Crippen molar-refractivity contribution < 1.29 is 9.47 Å². The van der Waals surface area contributed by atoms with Crippen LogP contribution in [0.25, 0.3) is 10.9 Å². The van der Waals surface area contributed by atoms with Gasteiger partial charge >= 0.3 is 0 Å². The van der Waals surface area contributed by atoms with Gasteiger partial charge in [0.25, 0.3) is 0 Å². The Morgan fingerprint density at radius 2 is 1.72 bits per heavy atom. The molecule has 0 atom stereocenters. The maximum atomic E-state index is 8.97. The lowest BCUT2D eigenvalue weighted by molar-refractivity contribution is 0.311. The smallest absolute Gasteiger partial charge is 0.163 e. The van der Waals surface area contributed by atoms with Crippen LogP contribution in [-0.4, -0.2) is 49.9 Å². The minimum atomic E-state index is 0.567. The van der Waals surface area contributed by atoms with Crippen molar-refractivity contribution in [2.75, 3.05) is 49.7 Å². The lowest BCUT2D eigenvalue weighted by atomic mass is 10.1. The van der Waals surface area contributed by atoms with Crippen LogP contribution in [0, 0.1) is 11.3 Å². The Balaban J connectivity index is 1.57. The number of piperazine rings is 1. The van der Waals surface area contributed by atoms with Crippen molar-refractivity contribution in [2.45, 2.75) is 6.92 Å². The van der Waals surface area contributed by atoms with Gasteiger partial charge in [-0.05, 0) is 37.3 Å². The molecule has 1 aliphatic heterocycles. The third-order valence-corrected chi connectivity index (χ3v) is 5.14. The number of nitrogens with zero attached hydrogens (tertiary/aromatic N) is 5. The van der Waals surface area contributed by atoms with E-state index in [1.807, 2.05) is 43.3 Å². The zero-order valence-corrected chi connectivity index (χ0v) is 16.6. The van der Waals surface area contributed by atoms with Crippen LogP contribution in [0.2, 0.25) is 0 Å². The Kier molecular flexibility index (Phi) is 5.34. The normalized spacial score (nSPS) is 14.0. The zero-order chi connectivity index (χ0) is 20.2. The molecule has 7 heteroatoms. The van der Waals surface area contributed by atoms with Gasteiger partial charge in [-0.2, -0.15) is 5.26 Å². The number of hydrogen-bond acceptors (Lipinski definition) is 7. The summed E-state index contributed by atoms with van der Waals surface area (Å²) in [6, 6.07) is 13.8. The van der Waals surface area contributed by atoms with Crippen LogP contribution in [-0.2, 0) is 0 Å². The second-order valence-electron chi connectivity index (χ2n) is 6.78. The van der Waals surface area contributed by atoms with E-state index in [1.54, 1.807) is 13.4 Å². The van der Waals surface area contributed by atoms with Crippen molar-refractivity contribution in [3.8, 4) is 17.6 Å². The first-order valence-corrected chi connectivity index (χ1v) is 9.69. The van der Waals surface area contributed by atoms with Crippen LogP contribution >= 0.6 is 0 Å². The zero-order valence-electron chi connectivity index (χ0n) is 16.6. The van der Waals surface area contributed by atoms with E-state index in [1.165, 1.54) is 0 Å². The molecule has 0 saturated carbocycles. The highest BCUT2D eigenvalue weighted by molar-refractivity contribution is 5.92. The fraction of sp³-hybridized carbons (Fsp3) is 0.318. The van der Waals surface area contributed by atoms with Crippen molar-refractivity contribution in [1.82, 2.24) is 9.97 Å².